The lowest BCUT2D eigenvalue weighted by Crippen LogP contribution is -2.57. The van der Waals surface area contributed by atoms with Gasteiger partial charge in [0.25, 0.3) is 0 Å². The lowest BCUT2D eigenvalue weighted by molar-refractivity contribution is -0.145. The number of hydrogen-bond donors (Lipinski definition) is 0. The highest BCUT2D eigenvalue weighted by Gasteiger charge is 3.25. The summed E-state index contributed by atoms with van der Waals surface area (Å²) in [7, 11) is 0. The molecule has 9 unspecified atom stereocenters. The van der Waals surface area contributed by atoms with Gasteiger partial charge >= 0.3 is 0 Å². The van der Waals surface area contributed by atoms with Crippen LogP contribution in [0, 0.1) is 63.6 Å². The molecule has 0 N–H and O–H groups in total. The third-order valence-corrected chi connectivity index (χ3v) is 8.68. The van der Waals surface area contributed by atoms with E-state index in [9.17, 15) is 0 Å². The lowest BCUT2D eigenvalue weighted by Gasteiger charge is -2.61. The standard InChI is InChI=1S/C12H10/c1-2-3-4(2)11-5-6-7(5)12(6)9(11)8(11)10(1,3)12/h2-9H,1H2. The van der Waals surface area contributed by atoms with Gasteiger partial charge in [-0.1, -0.05) is 0 Å². The Bertz CT molecular complexity index is 440. The monoisotopic (exact) mass is 154 g/mol. The topological polar surface area (TPSA) is 0 Å². The molecule has 9 aliphatic carbocycles. The van der Waals surface area contributed by atoms with Crippen LogP contribution in [0.25, 0.3) is 0 Å². The van der Waals surface area contributed by atoms with E-state index in [0.717, 1.165) is 16.2 Å². The molecule has 0 nitrogen and oxygen atoms in total. The Hall–Kier alpha value is 0. The predicted octanol–water partition coefficient (Wildman–Crippen LogP) is 1.37. The summed E-state index contributed by atoms with van der Waals surface area (Å²) in [5, 5.41) is 0. The van der Waals surface area contributed by atoms with Gasteiger partial charge in [0.2, 0.25) is 0 Å². The second kappa shape index (κ2) is 0.595. The molecular weight excluding hydrogens is 144 g/mol. The molecule has 58 valence electrons. The molecule has 0 aromatic heterocycles. The first-order chi connectivity index (χ1) is 5.94. The second-order valence-electron chi connectivity index (χ2n) is 7.43. The zero-order chi connectivity index (χ0) is 6.83. The van der Waals surface area contributed by atoms with Crippen LogP contribution < -0.4 is 0 Å². The van der Waals surface area contributed by atoms with Crippen molar-refractivity contribution in [2.24, 2.45) is 63.6 Å². The quantitative estimate of drug-likeness (QED) is 0.494. The Kier molecular flexibility index (Phi) is 0.199. The fraction of sp³-hybridized carbons (Fsp3) is 1.00. The third kappa shape index (κ3) is 0.105. The minimum atomic E-state index is 1.09. The molecule has 0 heteroatoms. The maximum atomic E-state index is 1.74. The van der Waals surface area contributed by atoms with Crippen LogP contribution in [0.1, 0.15) is 6.42 Å². The average Bonchev–Trinajstić information content (AvgIpc) is 2.75. The number of fused-ring (bicyclic) bond motifs is 1. The molecule has 9 aliphatic rings. The van der Waals surface area contributed by atoms with E-state index in [0.29, 0.717) is 0 Å². The molecule has 0 saturated heterocycles. The van der Waals surface area contributed by atoms with Crippen LogP contribution in [0.5, 0.6) is 0 Å². The minimum Gasteiger partial charge on any atom is -0.0430 e. The van der Waals surface area contributed by atoms with E-state index in [2.05, 4.69) is 0 Å². The van der Waals surface area contributed by atoms with Crippen molar-refractivity contribution in [2.75, 3.05) is 0 Å². The summed E-state index contributed by atoms with van der Waals surface area (Å²) >= 11 is 0. The van der Waals surface area contributed by atoms with Crippen molar-refractivity contribution in [1.29, 1.82) is 0 Å². The normalized spacial score (nSPS) is 122. The van der Waals surface area contributed by atoms with Crippen molar-refractivity contribution in [2.45, 2.75) is 6.42 Å². The van der Waals surface area contributed by atoms with Crippen LogP contribution in [0.2, 0.25) is 0 Å². The second-order valence-corrected chi connectivity index (χ2v) is 7.43. The zero-order valence-corrected chi connectivity index (χ0v) is 6.83. The van der Waals surface area contributed by atoms with Crippen molar-refractivity contribution in [3.8, 4) is 0 Å². The highest BCUT2D eigenvalue weighted by molar-refractivity contribution is 5.71. The summed E-state index contributed by atoms with van der Waals surface area (Å²) in [6.07, 6.45) is 1.74. The van der Waals surface area contributed by atoms with Gasteiger partial charge in [-0.3, -0.25) is 0 Å². The Morgan fingerprint density at radius 2 is 1.75 bits per heavy atom. The molecule has 0 heterocycles. The highest BCUT2D eigenvalue weighted by atomic mass is 15.3. The first kappa shape index (κ1) is 4.02. The molecule has 9 saturated carbocycles. The van der Waals surface area contributed by atoms with E-state index in [4.69, 9.17) is 0 Å². The first-order valence-corrected chi connectivity index (χ1v) is 5.94. The average molecular weight is 154 g/mol. The van der Waals surface area contributed by atoms with Crippen molar-refractivity contribution in [1.82, 2.24) is 0 Å². The molecule has 9 atom stereocenters. The SMILES string of the molecule is C1C2C3C2C12C1C4C31C1C3C1C342. The fourth-order valence-electron chi connectivity index (χ4n) is 9.46. The Morgan fingerprint density at radius 3 is 2.58 bits per heavy atom. The number of hydrogen-bond acceptors (Lipinski definition) is 0. The molecule has 0 amide bonds. The molecule has 0 aromatic carbocycles. The van der Waals surface area contributed by atoms with Crippen molar-refractivity contribution >= 4 is 0 Å². The summed E-state index contributed by atoms with van der Waals surface area (Å²) < 4.78 is 0. The molecule has 9 fully saturated rings. The van der Waals surface area contributed by atoms with E-state index >= 15 is 0 Å². The van der Waals surface area contributed by atoms with Crippen LogP contribution in [-0.4, -0.2) is 0 Å². The lowest BCUT2D eigenvalue weighted by atomic mass is 9.43. The van der Waals surface area contributed by atoms with E-state index < -0.39 is 0 Å². The van der Waals surface area contributed by atoms with E-state index in [-0.39, 0.29) is 0 Å². The maximum absolute atomic E-state index is 1.74. The molecule has 0 radical (unpaired) electrons. The maximum Gasteiger partial charge on any atom is -0.0130 e. The molecule has 2 bridgehead atoms. The Labute approximate surface area is 70.7 Å². The van der Waals surface area contributed by atoms with Gasteiger partial charge in [0.15, 0.2) is 0 Å². The third-order valence-electron chi connectivity index (χ3n) is 8.68. The van der Waals surface area contributed by atoms with E-state index in [1.807, 2.05) is 0 Å². The summed E-state index contributed by atoms with van der Waals surface area (Å²) in [6, 6.07) is 0. The van der Waals surface area contributed by atoms with Gasteiger partial charge in [-0.15, -0.1) is 0 Å². The van der Waals surface area contributed by atoms with Crippen LogP contribution >= 0.6 is 0 Å². The highest BCUT2D eigenvalue weighted by Crippen LogP contribution is 3.28. The van der Waals surface area contributed by atoms with Crippen LogP contribution in [0.15, 0.2) is 0 Å². The first-order valence-electron chi connectivity index (χ1n) is 5.94. The van der Waals surface area contributed by atoms with Crippen LogP contribution in [0.3, 0.4) is 0 Å². The van der Waals surface area contributed by atoms with Crippen molar-refractivity contribution < 1.29 is 0 Å². The molecule has 3 spiro atoms. The molecule has 12 heavy (non-hydrogen) atoms. The van der Waals surface area contributed by atoms with Gasteiger partial charge in [0.05, 0.1) is 0 Å². The van der Waals surface area contributed by atoms with Gasteiger partial charge in [-0.25, -0.2) is 0 Å². The van der Waals surface area contributed by atoms with Crippen molar-refractivity contribution in [3.63, 3.8) is 0 Å². The van der Waals surface area contributed by atoms with Gasteiger partial charge in [-0.2, -0.15) is 0 Å². The van der Waals surface area contributed by atoms with Gasteiger partial charge in [-0.05, 0) is 70.0 Å². The van der Waals surface area contributed by atoms with Gasteiger partial charge in [0, 0.05) is 0 Å². The number of rotatable bonds is 0. The fourth-order valence-corrected chi connectivity index (χ4v) is 9.46. The summed E-state index contributed by atoms with van der Waals surface area (Å²) in [4.78, 5) is 0. The summed E-state index contributed by atoms with van der Waals surface area (Å²) in [6.45, 7) is 0. The van der Waals surface area contributed by atoms with Crippen LogP contribution in [-0.2, 0) is 0 Å². The smallest absolute Gasteiger partial charge is 0.0130 e. The van der Waals surface area contributed by atoms with Crippen molar-refractivity contribution in [3.05, 3.63) is 0 Å². The predicted molar refractivity (Wildman–Crippen MR) is 39.8 cm³/mol. The molecule has 0 aromatic rings. The summed E-state index contributed by atoms with van der Waals surface area (Å²) in [5.41, 5.74) is 3.33. The van der Waals surface area contributed by atoms with Gasteiger partial charge < -0.3 is 0 Å². The Morgan fingerprint density at radius 1 is 0.833 bits per heavy atom. The summed E-state index contributed by atoms with van der Waals surface area (Å²) in [5.74, 6) is 10.8. The van der Waals surface area contributed by atoms with Crippen LogP contribution in [0.4, 0.5) is 0 Å². The zero-order valence-electron chi connectivity index (χ0n) is 6.83. The van der Waals surface area contributed by atoms with E-state index in [1.54, 1.807) is 6.42 Å². The van der Waals surface area contributed by atoms with Gasteiger partial charge in [0.1, 0.15) is 0 Å². The molecular formula is C12H10. The molecule has 9 rings (SSSR count). The Balaban J connectivity index is 1.80. The minimum absolute atomic E-state index is 1.09. The largest absolute Gasteiger partial charge is 0.0430 e. The van der Waals surface area contributed by atoms with E-state index in [1.165, 1.54) is 47.3 Å². The molecule has 0 aliphatic heterocycles.